The fourth-order valence-electron chi connectivity index (χ4n) is 5.20. The van der Waals surface area contributed by atoms with Crippen molar-refractivity contribution in [2.45, 2.75) is 104 Å². The molecule has 0 spiro atoms. The predicted octanol–water partition coefficient (Wildman–Crippen LogP) is 9.41. The van der Waals surface area contributed by atoms with Crippen molar-refractivity contribution < 1.29 is 19.0 Å². The van der Waals surface area contributed by atoms with E-state index in [4.69, 9.17) is 14.2 Å². The molecule has 1 fully saturated rings. The SMILES string of the molecule is CCCCCCCC1CCC(CCCOc2ccc(OC(=O)c3ccc(OCCCC)cc3)cc2)CC1. The maximum atomic E-state index is 12.4. The van der Waals surface area contributed by atoms with Gasteiger partial charge in [-0.2, -0.15) is 0 Å². The highest BCUT2D eigenvalue weighted by molar-refractivity contribution is 5.91. The van der Waals surface area contributed by atoms with E-state index in [0.29, 0.717) is 17.9 Å². The average molecular weight is 509 g/mol. The molecule has 0 amide bonds. The van der Waals surface area contributed by atoms with Gasteiger partial charge in [0.2, 0.25) is 0 Å². The highest BCUT2D eigenvalue weighted by Crippen LogP contribution is 2.34. The minimum atomic E-state index is -0.375. The van der Waals surface area contributed by atoms with Gasteiger partial charge in [-0.05, 0) is 79.6 Å². The van der Waals surface area contributed by atoms with E-state index < -0.39 is 0 Å². The first-order valence-corrected chi connectivity index (χ1v) is 14.9. The summed E-state index contributed by atoms with van der Waals surface area (Å²) in [5.74, 6) is 3.58. The van der Waals surface area contributed by atoms with Crippen molar-refractivity contribution in [1.29, 1.82) is 0 Å². The molecule has 4 nitrogen and oxygen atoms in total. The normalized spacial score (nSPS) is 17.4. The van der Waals surface area contributed by atoms with E-state index in [2.05, 4.69) is 13.8 Å². The van der Waals surface area contributed by atoms with E-state index in [1.807, 2.05) is 24.3 Å². The molecule has 1 aliphatic carbocycles. The molecule has 3 rings (SSSR count). The van der Waals surface area contributed by atoms with Gasteiger partial charge in [-0.25, -0.2) is 4.79 Å². The Labute approximate surface area is 225 Å². The zero-order valence-electron chi connectivity index (χ0n) is 23.2. The summed E-state index contributed by atoms with van der Waals surface area (Å²) in [5.41, 5.74) is 0.504. The maximum Gasteiger partial charge on any atom is 0.343 e. The second kappa shape index (κ2) is 17.1. The van der Waals surface area contributed by atoms with Crippen molar-refractivity contribution in [3.05, 3.63) is 54.1 Å². The van der Waals surface area contributed by atoms with Crippen LogP contribution in [0.2, 0.25) is 0 Å². The van der Waals surface area contributed by atoms with E-state index in [9.17, 15) is 4.79 Å². The van der Waals surface area contributed by atoms with Crippen molar-refractivity contribution in [2.24, 2.45) is 11.8 Å². The zero-order chi connectivity index (χ0) is 26.1. The molecule has 2 aromatic rings. The van der Waals surface area contributed by atoms with E-state index in [1.165, 1.54) is 70.6 Å². The number of ether oxygens (including phenoxy) is 3. The number of esters is 1. The van der Waals surface area contributed by atoms with Crippen LogP contribution in [0.5, 0.6) is 17.2 Å². The quantitative estimate of drug-likeness (QED) is 0.121. The van der Waals surface area contributed by atoms with Gasteiger partial charge in [-0.15, -0.1) is 0 Å². The number of carbonyl (C=O) groups excluding carboxylic acids is 1. The molecule has 0 atom stereocenters. The summed E-state index contributed by atoms with van der Waals surface area (Å²) in [7, 11) is 0. The first kappa shape index (κ1) is 29.1. The maximum absolute atomic E-state index is 12.4. The average Bonchev–Trinajstić information content (AvgIpc) is 2.93. The third kappa shape index (κ3) is 11.2. The molecule has 0 unspecified atom stereocenters. The number of unbranched alkanes of at least 4 members (excludes halogenated alkanes) is 5. The first-order valence-electron chi connectivity index (χ1n) is 14.9. The summed E-state index contributed by atoms with van der Waals surface area (Å²) in [6, 6.07) is 14.4. The van der Waals surface area contributed by atoms with Gasteiger partial charge in [0.05, 0.1) is 18.8 Å². The fraction of sp³-hybridized carbons (Fsp3) is 0.606. The molecular weight excluding hydrogens is 460 g/mol. The van der Waals surface area contributed by atoms with Crippen LogP contribution < -0.4 is 14.2 Å². The van der Waals surface area contributed by atoms with Gasteiger partial charge in [0.15, 0.2) is 0 Å². The Hall–Kier alpha value is -2.49. The van der Waals surface area contributed by atoms with Gasteiger partial charge in [0, 0.05) is 0 Å². The fourth-order valence-corrected chi connectivity index (χ4v) is 5.20. The molecule has 0 saturated heterocycles. The lowest BCUT2D eigenvalue weighted by atomic mass is 9.78. The highest BCUT2D eigenvalue weighted by atomic mass is 16.5. The minimum Gasteiger partial charge on any atom is -0.494 e. The second-order valence-corrected chi connectivity index (χ2v) is 10.7. The molecule has 0 N–H and O–H groups in total. The van der Waals surface area contributed by atoms with Crippen molar-refractivity contribution >= 4 is 5.97 Å². The van der Waals surface area contributed by atoms with Gasteiger partial charge in [0.25, 0.3) is 0 Å². The summed E-state index contributed by atoms with van der Waals surface area (Å²) in [4.78, 5) is 12.4. The number of hydrogen-bond donors (Lipinski definition) is 0. The molecule has 4 heteroatoms. The molecule has 0 heterocycles. The minimum absolute atomic E-state index is 0.375. The molecule has 1 saturated carbocycles. The summed E-state index contributed by atoms with van der Waals surface area (Å²) in [6.45, 7) is 5.84. The van der Waals surface area contributed by atoms with Gasteiger partial charge in [-0.3, -0.25) is 0 Å². The lowest BCUT2D eigenvalue weighted by molar-refractivity contribution is 0.0734. The smallest absolute Gasteiger partial charge is 0.343 e. The molecule has 204 valence electrons. The summed E-state index contributed by atoms with van der Waals surface area (Å²) in [6.07, 6.45) is 18.6. The summed E-state index contributed by atoms with van der Waals surface area (Å²) >= 11 is 0. The molecule has 1 aliphatic rings. The Bertz CT molecular complexity index is 866. The van der Waals surface area contributed by atoms with Gasteiger partial charge < -0.3 is 14.2 Å². The first-order chi connectivity index (χ1) is 18.2. The standard InChI is InChI=1S/C33H48O4/c1-3-5-7-8-9-11-27-13-15-28(16-14-27)12-10-26-36-31-21-23-32(24-22-31)37-33(34)29-17-19-30(20-18-29)35-25-6-4-2/h17-24,27-28H,3-16,25-26H2,1-2H3. The number of benzene rings is 2. The van der Waals surface area contributed by atoms with Crippen molar-refractivity contribution in [3.8, 4) is 17.2 Å². The van der Waals surface area contributed by atoms with E-state index in [0.717, 1.165) is 49.2 Å². The summed E-state index contributed by atoms with van der Waals surface area (Å²) < 4.78 is 17.1. The van der Waals surface area contributed by atoms with Crippen LogP contribution in [-0.2, 0) is 0 Å². The van der Waals surface area contributed by atoms with Crippen LogP contribution in [0.15, 0.2) is 48.5 Å². The number of rotatable bonds is 17. The molecule has 0 aromatic heterocycles. The summed E-state index contributed by atoms with van der Waals surface area (Å²) in [5, 5.41) is 0. The number of hydrogen-bond acceptors (Lipinski definition) is 4. The predicted molar refractivity (Wildman–Crippen MR) is 152 cm³/mol. The Morgan fingerprint density at radius 3 is 1.70 bits per heavy atom. The van der Waals surface area contributed by atoms with Gasteiger partial charge >= 0.3 is 5.97 Å². The van der Waals surface area contributed by atoms with Crippen molar-refractivity contribution in [2.75, 3.05) is 13.2 Å². The second-order valence-electron chi connectivity index (χ2n) is 10.7. The molecule has 37 heavy (non-hydrogen) atoms. The molecule has 0 aliphatic heterocycles. The Kier molecular flexibility index (Phi) is 13.4. The van der Waals surface area contributed by atoms with Crippen molar-refractivity contribution in [3.63, 3.8) is 0 Å². The topological polar surface area (TPSA) is 44.8 Å². The Morgan fingerprint density at radius 1 is 0.622 bits per heavy atom. The lowest BCUT2D eigenvalue weighted by Crippen LogP contribution is -2.15. The molecule has 2 aromatic carbocycles. The Morgan fingerprint density at radius 2 is 1.11 bits per heavy atom. The molecule has 0 radical (unpaired) electrons. The lowest BCUT2D eigenvalue weighted by Gasteiger charge is -2.28. The van der Waals surface area contributed by atoms with Crippen LogP contribution in [0.25, 0.3) is 0 Å². The van der Waals surface area contributed by atoms with Crippen LogP contribution in [0, 0.1) is 11.8 Å². The molecular formula is C33H48O4. The van der Waals surface area contributed by atoms with E-state index in [-0.39, 0.29) is 5.97 Å². The van der Waals surface area contributed by atoms with Crippen LogP contribution in [0.1, 0.15) is 114 Å². The monoisotopic (exact) mass is 508 g/mol. The van der Waals surface area contributed by atoms with Crippen LogP contribution in [0.4, 0.5) is 0 Å². The Balaban J connectivity index is 1.28. The third-order valence-corrected chi connectivity index (χ3v) is 7.60. The van der Waals surface area contributed by atoms with E-state index >= 15 is 0 Å². The highest BCUT2D eigenvalue weighted by Gasteiger charge is 2.20. The van der Waals surface area contributed by atoms with Crippen LogP contribution in [-0.4, -0.2) is 19.2 Å². The third-order valence-electron chi connectivity index (χ3n) is 7.60. The van der Waals surface area contributed by atoms with Crippen molar-refractivity contribution in [1.82, 2.24) is 0 Å². The largest absolute Gasteiger partial charge is 0.494 e. The zero-order valence-corrected chi connectivity index (χ0v) is 23.2. The van der Waals surface area contributed by atoms with Gasteiger partial charge in [0.1, 0.15) is 17.2 Å². The number of carbonyl (C=O) groups is 1. The van der Waals surface area contributed by atoms with Crippen LogP contribution in [0.3, 0.4) is 0 Å². The molecule has 0 bridgehead atoms. The van der Waals surface area contributed by atoms with E-state index in [1.54, 1.807) is 24.3 Å². The van der Waals surface area contributed by atoms with Crippen LogP contribution >= 0.6 is 0 Å². The van der Waals surface area contributed by atoms with Gasteiger partial charge in [-0.1, -0.05) is 84.5 Å².